The minimum atomic E-state index is -0.755. The number of pyridine rings is 1. The van der Waals surface area contributed by atoms with E-state index >= 15 is 0 Å². The SMILES string of the molecule is Cc1cccc(C(O)CNC(=O)c2cccnc2Cl)c1. The summed E-state index contributed by atoms with van der Waals surface area (Å²) in [6, 6.07) is 10.7. The first kappa shape index (κ1) is 14.5. The van der Waals surface area contributed by atoms with E-state index in [0.717, 1.165) is 11.1 Å². The number of carbonyl (C=O) groups is 1. The van der Waals surface area contributed by atoms with Crippen molar-refractivity contribution >= 4 is 17.5 Å². The average molecular weight is 291 g/mol. The topological polar surface area (TPSA) is 62.2 Å². The van der Waals surface area contributed by atoms with Gasteiger partial charge in [-0.15, -0.1) is 0 Å². The van der Waals surface area contributed by atoms with Crippen LogP contribution >= 0.6 is 11.6 Å². The molecule has 2 rings (SSSR count). The second-order valence-corrected chi connectivity index (χ2v) is 4.84. The first-order valence-corrected chi connectivity index (χ1v) is 6.59. The summed E-state index contributed by atoms with van der Waals surface area (Å²) >= 11 is 5.84. The fourth-order valence-corrected chi connectivity index (χ4v) is 2.04. The summed E-state index contributed by atoms with van der Waals surface area (Å²) in [4.78, 5) is 15.8. The van der Waals surface area contributed by atoms with E-state index in [4.69, 9.17) is 11.6 Å². The Hall–Kier alpha value is -1.91. The van der Waals surface area contributed by atoms with Crippen LogP contribution < -0.4 is 5.32 Å². The van der Waals surface area contributed by atoms with E-state index in [-0.39, 0.29) is 17.6 Å². The minimum absolute atomic E-state index is 0.119. The first-order valence-electron chi connectivity index (χ1n) is 6.21. The Morgan fingerprint density at radius 1 is 1.40 bits per heavy atom. The molecule has 0 aliphatic heterocycles. The largest absolute Gasteiger partial charge is 0.387 e. The van der Waals surface area contributed by atoms with Crippen molar-refractivity contribution in [3.05, 3.63) is 64.4 Å². The molecular formula is C15H15ClN2O2. The van der Waals surface area contributed by atoms with E-state index in [1.165, 1.54) is 6.20 Å². The van der Waals surface area contributed by atoms with Crippen molar-refractivity contribution in [1.29, 1.82) is 0 Å². The average Bonchev–Trinajstić information content (AvgIpc) is 2.45. The van der Waals surface area contributed by atoms with E-state index < -0.39 is 6.10 Å². The van der Waals surface area contributed by atoms with Gasteiger partial charge in [0.1, 0.15) is 5.15 Å². The lowest BCUT2D eigenvalue weighted by Gasteiger charge is -2.13. The van der Waals surface area contributed by atoms with Crippen LogP contribution in [0.2, 0.25) is 5.15 Å². The van der Waals surface area contributed by atoms with Crippen LogP contribution in [-0.2, 0) is 0 Å². The number of benzene rings is 1. The summed E-state index contributed by atoms with van der Waals surface area (Å²) in [5.74, 6) is -0.352. The van der Waals surface area contributed by atoms with E-state index in [0.29, 0.717) is 5.56 Å². The molecule has 1 unspecified atom stereocenters. The number of amides is 1. The third-order valence-corrected chi connectivity index (χ3v) is 3.19. The van der Waals surface area contributed by atoms with E-state index in [1.54, 1.807) is 12.1 Å². The Morgan fingerprint density at radius 3 is 2.90 bits per heavy atom. The molecule has 2 aromatic rings. The van der Waals surface area contributed by atoms with Gasteiger partial charge in [0.05, 0.1) is 11.7 Å². The quantitative estimate of drug-likeness (QED) is 0.851. The molecule has 1 heterocycles. The van der Waals surface area contributed by atoms with Gasteiger partial charge in [0, 0.05) is 12.7 Å². The maximum absolute atomic E-state index is 11.9. The number of nitrogens with zero attached hydrogens (tertiary/aromatic N) is 1. The third-order valence-electron chi connectivity index (χ3n) is 2.89. The molecule has 1 aromatic heterocycles. The number of hydrogen-bond acceptors (Lipinski definition) is 3. The second kappa shape index (κ2) is 6.50. The Morgan fingerprint density at radius 2 is 2.20 bits per heavy atom. The molecule has 0 spiro atoms. The van der Waals surface area contributed by atoms with Crippen molar-refractivity contribution in [2.24, 2.45) is 0 Å². The summed E-state index contributed by atoms with van der Waals surface area (Å²) in [6.45, 7) is 2.07. The van der Waals surface area contributed by atoms with Gasteiger partial charge in [0.2, 0.25) is 0 Å². The van der Waals surface area contributed by atoms with Crippen LogP contribution in [0.4, 0.5) is 0 Å². The summed E-state index contributed by atoms with van der Waals surface area (Å²) < 4.78 is 0. The van der Waals surface area contributed by atoms with Crippen LogP contribution in [0.1, 0.15) is 27.6 Å². The van der Waals surface area contributed by atoms with Gasteiger partial charge in [-0.25, -0.2) is 4.98 Å². The molecule has 0 saturated carbocycles. The molecule has 1 aromatic carbocycles. The lowest BCUT2D eigenvalue weighted by molar-refractivity contribution is 0.0916. The van der Waals surface area contributed by atoms with E-state index in [1.807, 2.05) is 31.2 Å². The van der Waals surface area contributed by atoms with Crippen molar-refractivity contribution in [1.82, 2.24) is 10.3 Å². The number of aryl methyl sites for hydroxylation is 1. The number of hydrogen-bond donors (Lipinski definition) is 2. The molecule has 4 nitrogen and oxygen atoms in total. The van der Waals surface area contributed by atoms with Crippen LogP contribution in [0.25, 0.3) is 0 Å². The zero-order chi connectivity index (χ0) is 14.5. The highest BCUT2D eigenvalue weighted by Gasteiger charge is 2.13. The number of nitrogens with one attached hydrogen (secondary N) is 1. The Bertz CT molecular complexity index is 616. The molecule has 5 heteroatoms. The van der Waals surface area contributed by atoms with Crippen LogP contribution in [0.3, 0.4) is 0 Å². The van der Waals surface area contributed by atoms with Gasteiger partial charge in [-0.3, -0.25) is 4.79 Å². The van der Waals surface area contributed by atoms with E-state index in [9.17, 15) is 9.90 Å². The molecule has 0 fully saturated rings. The highest BCUT2D eigenvalue weighted by Crippen LogP contribution is 2.15. The van der Waals surface area contributed by atoms with Crippen molar-refractivity contribution < 1.29 is 9.90 Å². The molecule has 20 heavy (non-hydrogen) atoms. The zero-order valence-corrected chi connectivity index (χ0v) is 11.8. The normalized spacial score (nSPS) is 11.9. The first-order chi connectivity index (χ1) is 9.58. The summed E-state index contributed by atoms with van der Waals surface area (Å²) in [5, 5.41) is 12.8. The molecule has 1 amide bonds. The predicted molar refractivity (Wildman–Crippen MR) is 77.7 cm³/mol. The standard InChI is InChI=1S/C15H15ClN2O2/c1-10-4-2-5-11(8-10)13(19)9-18-15(20)12-6-3-7-17-14(12)16/h2-8,13,19H,9H2,1H3,(H,18,20). The van der Waals surface area contributed by atoms with Gasteiger partial charge in [0.15, 0.2) is 0 Å². The van der Waals surface area contributed by atoms with Crippen molar-refractivity contribution in [2.45, 2.75) is 13.0 Å². The van der Waals surface area contributed by atoms with Crippen LogP contribution in [0, 0.1) is 6.92 Å². The number of aliphatic hydroxyl groups excluding tert-OH is 1. The van der Waals surface area contributed by atoms with Crippen molar-refractivity contribution in [2.75, 3.05) is 6.54 Å². The summed E-state index contributed by atoms with van der Waals surface area (Å²) in [7, 11) is 0. The molecule has 0 saturated heterocycles. The number of aromatic nitrogens is 1. The summed E-state index contributed by atoms with van der Waals surface area (Å²) in [6.07, 6.45) is 0.759. The Labute approximate surface area is 122 Å². The fourth-order valence-electron chi connectivity index (χ4n) is 1.84. The molecule has 0 aliphatic rings. The maximum atomic E-state index is 11.9. The van der Waals surface area contributed by atoms with Crippen molar-refractivity contribution in [3.8, 4) is 0 Å². The molecule has 0 radical (unpaired) electrons. The second-order valence-electron chi connectivity index (χ2n) is 4.48. The molecule has 2 N–H and O–H groups in total. The molecule has 1 atom stereocenters. The highest BCUT2D eigenvalue weighted by molar-refractivity contribution is 6.32. The van der Waals surface area contributed by atoms with Crippen LogP contribution in [-0.4, -0.2) is 22.5 Å². The minimum Gasteiger partial charge on any atom is -0.387 e. The Kier molecular flexibility index (Phi) is 4.71. The molecule has 0 aliphatic carbocycles. The predicted octanol–water partition coefficient (Wildman–Crippen LogP) is 2.51. The molecule has 0 bridgehead atoms. The van der Waals surface area contributed by atoms with Gasteiger partial charge < -0.3 is 10.4 Å². The monoisotopic (exact) mass is 290 g/mol. The number of carbonyl (C=O) groups excluding carboxylic acids is 1. The fraction of sp³-hybridized carbons (Fsp3) is 0.200. The summed E-state index contributed by atoms with van der Waals surface area (Å²) in [5.41, 5.74) is 2.12. The molecule has 104 valence electrons. The maximum Gasteiger partial charge on any atom is 0.254 e. The lowest BCUT2D eigenvalue weighted by atomic mass is 10.1. The van der Waals surface area contributed by atoms with Gasteiger partial charge in [-0.1, -0.05) is 41.4 Å². The number of rotatable bonds is 4. The van der Waals surface area contributed by atoms with Gasteiger partial charge in [-0.05, 0) is 24.6 Å². The van der Waals surface area contributed by atoms with Crippen LogP contribution in [0.15, 0.2) is 42.6 Å². The zero-order valence-electron chi connectivity index (χ0n) is 11.0. The van der Waals surface area contributed by atoms with Crippen LogP contribution in [0.5, 0.6) is 0 Å². The smallest absolute Gasteiger partial charge is 0.254 e. The Balaban J connectivity index is 1.99. The van der Waals surface area contributed by atoms with Gasteiger partial charge in [0.25, 0.3) is 5.91 Å². The van der Waals surface area contributed by atoms with Gasteiger partial charge >= 0.3 is 0 Å². The van der Waals surface area contributed by atoms with Crippen molar-refractivity contribution in [3.63, 3.8) is 0 Å². The number of halogens is 1. The number of aliphatic hydroxyl groups is 1. The third kappa shape index (κ3) is 3.56. The highest BCUT2D eigenvalue weighted by atomic mass is 35.5. The van der Waals surface area contributed by atoms with E-state index in [2.05, 4.69) is 10.3 Å². The lowest BCUT2D eigenvalue weighted by Crippen LogP contribution is -2.28. The van der Waals surface area contributed by atoms with Gasteiger partial charge in [-0.2, -0.15) is 0 Å². The molecular weight excluding hydrogens is 276 g/mol.